The second kappa shape index (κ2) is 12.5. The van der Waals surface area contributed by atoms with Gasteiger partial charge in [0.15, 0.2) is 0 Å². The summed E-state index contributed by atoms with van der Waals surface area (Å²) >= 11 is 0. The molecule has 4 N–H and O–H groups in total. The monoisotopic (exact) mass is 416 g/mol. The molecule has 164 valence electrons. The highest BCUT2D eigenvalue weighted by molar-refractivity contribution is 5.98. The van der Waals surface area contributed by atoms with Crippen molar-refractivity contribution in [3.8, 4) is 0 Å². The maximum absolute atomic E-state index is 11.9. The van der Waals surface area contributed by atoms with E-state index in [0.717, 1.165) is 30.5 Å². The summed E-state index contributed by atoms with van der Waals surface area (Å²) in [6.45, 7) is 4.36. The molecule has 3 amide bonds. The van der Waals surface area contributed by atoms with Crippen molar-refractivity contribution >= 4 is 17.8 Å². The van der Waals surface area contributed by atoms with E-state index in [9.17, 15) is 9.59 Å². The van der Waals surface area contributed by atoms with E-state index in [1.165, 1.54) is 0 Å². The molecule has 1 aliphatic heterocycles. The van der Waals surface area contributed by atoms with Gasteiger partial charge in [0.25, 0.3) is 5.91 Å². The molecule has 0 saturated heterocycles. The van der Waals surface area contributed by atoms with Crippen LogP contribution in [0.4, 0.5) is 10.6 Å². The van der Waals surface area contributed by atoms with E-state index in [0.29, 0.717) is 37.6 Å². The lowest BCUT2D eigenvalue weighted by Crippen LogP contribution is -2.38. The van der Waals surface area contributed by atoms with Gasteiger partial charge in [-0.15, -0.1) is 0 Å². The van der Waals surface area contributed by atoms with Gasteiger partial charge < -0.3 is 21.3 Å². The molecule has 1 aliphatic rings. The standard InChI is InChI=1S/C21H32N6O3/c1-4-23-19-18(20(28)22-2)11-10-17(26-19)9-5-6-12-24-21(29)25-14-16-8-7-13-27(15-16)30-3/h7-8,10-11,13H,4-6,9,12,14-15H2,1-3H3,(H,22,28)(H,23,26)(H2,24,25,29). The average molecular weight is 417 g/mol. The van der Waals surface area contributed by atoms with Crippen LogP contribution in [0.2, 0.25) is 0 Å². The van der Waals surface area contributed by atoms with Crippen molar-refractivity contribution in [2.45, 2.75) is 26.2 Å². The van der Waals surface area contributed by atoms with Crippen LogP contribution in [0.1, 0.15) is 35.8 Å². The van der Waals surface area contributed by atoms with Gasteiger partial charge >= 0.3 is 6.03 Å². The highest BCUT2D eigenvalue weighted by atomic mass is 16.7. The molecular weight excluding hydrogens is 384 g/mol. The van der Waals surface area contributed by atoms with Crippen LogP contribution in [0.3, 0.4) is 0 Å². The van der Waals surface area contributed by atoms with E-state index in [-0.39, 0.29) is 11.9 Å². The highest BCUT2D eigenvalue weighted by Gasteiger charge is 2.12. The van der Waals surface area contributed by atoms with Gasteiger partial charge in [-0.2, -0.15) is 0 Å². The molecule has 0 unspecified atom stereocenters. The minimum Gasteiger partial charge on any atom is -0.370 e. The van der Waals surface area contributed by atoms with Gasteiger partial charge in [0.1, 0.15) is 5.82 Å². The van der Waals surface area contributed by atoms with E-state index >= 15 is 0 Å². The van der Waals surface area contributed by atoms with E-state index in [1.807, 2.05) is 31.3 Å². The number of carbonyl (C=O) groups is 2. The molecule has 0 aromatic carbocycles. The summed E-state index contributed by atoms with van der Waals surface area (Å²) in [4.78, 5) is 33.6. The molecule has 0 bridgehead atoms. The van der Waals surface area contributed by atoms with Gasteiger partial charge in [0.2, 0.25) is 0 Å². The zero-order valence-electron chi connectivity index (χ0n) is 18.0. The van der Waals surface area contributed by atoms with Gasteiger partial charge in [-0.05, 0) is 50.0 Å². The number of anilines is 1. The number of amides is 3. The predicted octanol–water partition coefficient (Wildman–Crippen LogP) is 1.81. The van der Waals surface area contributed by atoms with Crippen LogP contribution < -0.4 is 21.3 Å². The SMILES string of the molecule is CCNc1nc(CCCCNC(=O)NCC2=CC=CN(OC)C2)ccc1C(=O)NC. The molecule has 1 aromatic heterocycles. The Morgan fingerprint density at radius 1 is 1.23 bits per heavy atom. The normalized spacial score (nSPS) is 12.9. The Balaban J connectivity index is 1.68. The van der Waals surface area contributed by atoms with Crippen molar-refractivity contribution in [2.75, 3.05) is 45.7 Å². The van der Waals surface area contributed by atoms with Crippen LogP contribution in [0.15, 0.2) is 36.1 Å². The average Bonchev–Trinajstić information content (AvgIpc) is 2.77. The van der Waals surface area contributed by atoms with Crippen molar-refractivity contribution in [3.05, 3.63) is 47.3 Å². The first-order chi connectivity index (χ1) is 14.6. The first kappa shape index (κ1) is 23.2. The number of nitrogens with one attached hydrogen (secondary N) is 4. The topological polar surface area (TPSA) is 108 Å². The number of hydroxylamine groups is 2. The van der Waals surface area contributed by atoms with E-state index < -0.39 is 0 Å². The van der Waals surface area contributed by atoms with Crippen molar-refractivity contribution in [1.82, 2.24) is 26.0 Å². The summed E-state index contributed by atoms with van der Waals surface area (Å²) in [6.07, 6.45) is 8.20. The lowest BCUT2D eigenvalue weighted by Gasteiger charge is -2.22. The molecule has 0 aliphatic carbocycles. The molecule has 1 aromatic rings. The van der Waals surface area contributed by atoms with Gasteiger partial charge in [0, 0.05) is 38.6 Å². The predicted molar refractivity (Wildman–Crippen MR) is 117 cm³/mol. The minimum atomic E-state index is -0.183. The number of hydrogen-bond acceptors (Lipinski definition) is 6. The first-order valence-electron chi connectivity index (χ1n) is 10.2. The summed E-state index contributed by atoms with van der Waals surface area (Å²) in [6, 6.07) is 3.49. The molecule has 0 saturated carbocycles. The second-order valence-electron chi connectivity index (χ2n) is 6.80. The van der Waals surface area contributed by atoms with E-state index in [1.54, 1.807) is 25.3 Å². The smallest absolute Gasteiger partial charge is 0.315 e. The van der Waals surface area contributed by atoms with Gasteiger partial charge in [-0.3, -0.25) is 14.7 Å². The molecule has 0 spiro atoms. The Bertz CT molecular complexity index is 778. The van der Waals surface area contributed by atoms with Crippen molar-refractivity contribution < 1.29 is 14.4 Å². The fraction of sp³-hybridized carbons (Fsp3) is 0.476. The first-order valence-corrected chi connectivity index (χ1v) is 10.2. The van der Waals surface area contributed by atoms with E-state index in [4.69, 9.17) is 4.84 Å². The molecule has 9 heteroatoms. The third kappa shape index (κ3) is 7.40. The minimum absolute atomic E-state index is 0.157. The third-order valence-electron chi connectivity index (χ3n) is 4.57. The summed E-state index contributed by atoms with van der Waals surface area (Å²) in [7, 11) is 3.22. The number of carbonyl (C=O) groups excluding carboxylic acids is 2. The zero-order chi connectivity index (χ0) is 21.8. The number of rotatable bonds is 11. The van der Waals surface area contributed by atoms with E-state index in [2.05, 4.69) is 26.3 Å². The Kier molecular flexibility index (Phi) is 9.66. The summed E-state index contributed by atoms with van der Waals surface area (Å²) in [5.74, 6) is 0.445. The van der Waals surface area contributed by atoms with Gasteiger partial charge in [-0.25, -0.2) is 9.78 Å². The maximum atomic E-state index is 11.9. The third-order valence-corrected chi connectivity index (χ3v) is 4.57. The number of pyridine rings is 1. The van der Waals surface area contributed by atoms with Gasteiger partial charge in [0.05, 0.1) is 19.2 Å². The highest BCUT2D eigenvalue weighted by Crippen LogP contribution is 2.15. The fourth-order valence-corrected chi connectivity index (χ4v) is 2.97. The van der Waals surface area contributed by atoms with Crippen LogP contribution in [0.5, 0.6) is 0 Å². The molecule has 9 nitrogen and oxygen atoms in total. The summed E-state index contributed by atoms with van der Waals surface area (Å²) < 4.78 is 0. The zero-order valence-corrected chi connectivity index (χ0v) is 18.0. The molecule has 0 radical (unpaired) electrons. The van der Waals surface area contributed by atoms with Crippen LogP contribution in [-0.4, -0.2) is 62.3 Å². The number of aryl methyl sites for hydroxylation is 1. The van der Waals surface area contributed by atoms with Crippen LogP contribution >= 0.6 is 0 Å². The lowest BCUT2D eigenvalue weighted by molar-refractivity contribution is -0.0813. The van der Waals surface area contributed by atoms with Crippen molar-refractivity contribution in [3.63, 3.8) is 0 Å². The second-order valence-corrected chi connectivity index (χ2v) is 6.80. The molecule has 2 rings (SSSR count). The molecular formula is C21H32N6O3. The number of allylic oxidation sites excluding steroid dienone is 2. The van der Waals surface area contributed by atoms with Crippen LogP contribution in [-0.2, 0) is 11.3 Å². The maximum Gasteiger partial charge on any atom is 0.315 e. The lowest BCUT2D eigenvalue weighted by atomic mass is 10.1. The number of nitrogens with zero attached hydrogens (tertiary/aromatic N) is 2. The van der Waals surface area contributed by atoms with Crippen molar-refractivity contribution in [1.29, 1.82) is 0 Å². The largest absolute Gasteiger partial charge is 0.370 e. The number of unbranched alkanes of at least 4 members (excludes halogenated alkanes) is 1. The quantitative estimate of drug-likeness (QED) is 0.410. The summed E-state index contributed by atoms with van der Waals surface area (Å²) in [5.41, 5.74) is 2.53. The Morgan fingerprint density at radius 2 is 2.07 bits per heavy atom. The molecule has 30 heavy (non-hydrogen) atoms. The van der Waals surface area contributed by atoms with Crippen molar-refractivity contribution in [2.24, 2.45) is 0 Å². The van der Waals surface area contributed by atoms with Crippen LogP contribution in [0, 0.1) is 0 Å². The van der Waals surface area contributed by atoms with Gasteiger partial charge in [-0.1, -0.05) is 6.08 Å². The number of hydrogen-bond donors (Lipinski definition) is 4. The Labute approximate surface area is 177 Å². The number of urea groups is 1. The number of aromatic nitrogens is 1. The molecule has 0 fully saturated rings. The summed E-state index contributed by atoms with van der Waals surface area (Å²) in [5, 5.41) is 13.2. The molecule has 2 heterocycles. The Hall–Kier alpha value is -3.07. The Morgan fingerprint density at radius 3 is 2.80 bits per heavy atom. The van der Waals surface area contributed by atoms with Crippen LogP contribution in [0.25, 0.3) is 0 Å². The fourth-order valence-electron chi connectivity index (χ4n) is 2.97. The molecule has 0 atom stereocenters.